The zero-order valence-electron chi connectivity index (χ0n) is 9.26. The van der Waals surface area contributed by atoms with Gasteiger partial charge in [0, 0.05) is 0 Å². The number of hydrogen-bond donors (Lipinski definition) is 3. The highest BCUT2D eigenvalue weighted by atomic mass is 31.2. The fourth-order valence-corrected chi connectivity index (χ4v) is 1.11. The van der Waals surface area contributed by atoms with Crippen LogP contribution in [0.1, 0.15) is 33.1 Å². The molecule has 0 amide bonds. The second kappa shape index (κ2) is 16.6. The maximum absolute atomic E-state index is 8.16. The summed E-state index contributed by atoms with van der Waals surface area (Å²) in [4.78, 5) is 0. The van der Waals surface area contributed by atoms with Gasteiger partial charge in [-0.25, -0.2) is 0 Å². The van der Waals surface area contributed by atoms with Crippen LogP contribution in [0.3, 0.4) is 0 Å². The molecule has 6 nitrogen and oxygen atoms in total. The van der Waals surface area contributed by atoms with Gasteiger partial charge in [0.1, 0.15) is 0 Å². The lowest BCUT2D eigenvalue weighted by Gasteiger charge is -2.11. The Balaban J connectivity index is 0. The maximum Gasteiger partial charge on any atom is 0.339 e. The summed E-state index contributed by atoms with van der Waals surface area (Å²) in [6, 6.07) is 0. The van der Waals surface area contributed by atoms with Crippen LogP contribution in [-0.4, -0.2) is 35.7 Å². The van der Waals surface area contributed by atoms with E-state index in [1.54, 1.807) is 0 Å². The van der Waals surface area contributed by atoms with Crippen molar-refractivity contribution >= 4 is 8.60 Å². The number of rotatable bonds is 8. The smallest absolute Gasteiger partial charge is 0.339 e. The van der Waals surface area contributed by atoms with Crippen LogP contribution in [0.2, 0.25) is 0 Å². The third kappa shape index (κ3) is 16.8. The number of unbranched alkanes of at least 4 members (excludes halogenated alkanes) is 2. The van der Waals surface area contributed by atoms with E-state index in [2.05, 4.69) is 27.4 Å². The Morgan fingerprint density at radius 2 is 1.13 bits per heavy atom. The van der Waals surface area contributed by atoms with Crippen molar-refractivity contribution in [1.29, 1.82) is 0 Å². The van der Waals surface area contributed by atoms with Crippen molar-refractivity contribution in [2.75, 3.05) is 20.4 Å². The van der Waals surface area contributed by atoms with Crippen molar-refractivity contribution in [3.05, 3.63) is 0 Å². The molecule has 0 atom stereocenters. The van der Waals surface area contributed by atoms with Crippen molar-refractivity contribution in [3.8, 4) is 0 Å². The Labute approximate surface area is 91.8 Å². The maximum atomic E-state index is 8.16. The van der Waals surface area contributed by atoms with Gasteiger partial charge in [0.05, 0.1) is 0 Å². The summed E-state index contributed by atoms with van der Waals surface area (Å²) in [6.07, 6.45) is 4.08. The third-order valence-corrected chi connectivity index (χ3v) is 2.18. The first-order valence-electron chi connectivity index (χ1n) is 4.78. The molecule has 0 spiro atoms. The van der Waals surface area contributed by atoms with Crippen LogP contribution < -0.4 is 0 Å². The first-order valence-corrected chi connectivity index (χ1v) is 5.87. The van der Waals surface area contributed by atoms with E-state index in [4.69, 9.17) is 15.3 Å². The van der Waals surface area contributed by atoms with Crippen LogP contribution in [0.4, 0.5) is 0 Å². The fourth-order valence-electron chi connectivity index (χ4n) is 0.607. The van der Waals surface area contributed by atoms with Gasteiger partial charge in [-0.05, 0) is 0 Å². The number of aliphatic hydroxyl groups is 3. The largest absolute Gasteiger partial charge is 0.370 e. The average molecular weight is 244 g/mol. The molecule has 0 radical (unpaired) electrons. The SMILES string of the molecule is CCCCC.OCOP(OCO)OCO. The molecule has 0 bridgehead atoms. The lowest BCUT2D eigenvalue weighted by molar-refractivity contribution is 0.00275. The predicted octanol–water partition coefficient (Wildman–Crippen LogP) is 1.31. The molecule has 94 valence electrons. The van der Waals surface area contributed by atoms with Gasteiger partial charge in [0.2, 0.25) is 0 Å². The van der Waals surface area contributed by atoms with Crippen LogP contribution in [0.5, 0.6) is 0 Å². The predicted molar refractivity (Wildman–Crippen MR) is 56.6 cm³/mol. The Bertz CT molecular complexity index is 88.9. The Morgan fingerprint density at radius 1 is 0.800 bits per heavy atom. The summed E-state index contributed by atoms with van der Waals surface area (Å²) in [6.45, 7) is 2.69. The van der Waals surface area contributed by atoms with E-state index in [1.807, 2.05) is 0 Å². The first-order chi connectivity index (χ1) is 7.26. The Kier molecular flexibility index (Phi) is 19.5. The van der Waals surface area contributed by atoms with Gasteiger partial charge in [-0.3, -0.25) is 13.6 Å². The van der Waals surface area contributed by atoms with Crippen LogP contribution >= 0.6 is 8.60 Å². The minimum absolute atomic E-state index is 0.578. The van der Waals surface area contributed by atoms with E-state index < -0.39 is 29.0 Å². The molecule has 0 heterocycles. The summed E-state index contributed by atoms with van der Waals surface area (Å²) >= 11 is 0. The van der Waals surface area contributed by atoms with Gasteiger partial charge in [0.15, 0.2) is 20.4 Å². The van der Waals surface area contributed by atoms with Gasteiger partial charge >= 0.3 is 8.60 Å². The second-order valence-electron chi connectivity index (χ2n) is 2.35. The van der Waals surface area contributed by atoms with Crippen LogP contribution in [0, 0.1) is 0 Å². The average Bonchev–Trinajstić information content (AvgIpc) is 2.21. The molecule has 0 saturated carbocycles. The fraction of sp³-hybridized carbons (Fsp3) is 1.00. The topological polar surface area (TPSA) is 88.4 Å². The standard InChI is InChI=1S/C5H12.C3H9O6P/c1-3-5-4-2;4-1-7-10(8-2-5)9-3-6/h3-5H2,1-2H3;4-6H,1-3H2. The number of aliphatic hydroxyl groups excluding tert-OH is 3. The molecular weight excluding hydrogens is 223 g/mol. The van der Waals surface area contributed by atoms with Crippen molar-refractivity contribution < 1.29 is 28.9 Å². The summed E-state index contributed by atoms with van der Waals surface area (Å²) in [5.41, 5.74) is 0. The normalized spacial score (nSPS) is 10.0. The minimum atomic E-state index is -1.81. The van der Waals surface area contributed by atoms with E-state index >= 15 is 0 Å². The first kappa shape index (κ1) is 17.6. The molecule has 0 fully saturated rings. The summed E-state index contributed by atoms with van der Waals surface area (Å²) in [7, 11) is -1.81. The zero-order valence-corrected chi connectivity index (χ0v) is 10.2. The van der Waals surface area contributed by atoms with Gasteiger partial charge in [-0.2, -0.15) is 0 Å². The Morgan fingerprint density at radius 3 is 1.27 bits per heavy atom. The van der Waals surface area contributed by atoms with Crippen molar-refractivity contribution in [2.45, 2.75) is 33.1 Å². The third-order valence-electron chi connectivity index (χ3n) is 1.20. The molecule has 0 aliphatic carbocycles. The van der Waals surface area contributed by atoms with E-state index in [1.165, 1.54) is 19.3 Å². The molecule has 0 aromatic carbocycles. The molecule has 15 heavy (non-hydrogen) atoms. The quantitative estimate of drug-likeness (QED) is 0.440. The van der Waals surface area contributed by atoms with E-state index in [-0.39, 0.29) is 0 Å². The van der Waals surface area contributed by atoms with E-state index in [0.29, 0.717) is 0 Å². The highest BCUT2D eigenvalue weighted by Crippen LogP contribution is 2.38. The van der Waals surface area contributed by atoms with Crippen molar-refractivity contribution in [1.82, 2.24) is 0 Å². The lowest BCUT2D eigenvalue weighted by atomic mass is 10.3. The van der Waals surface area contributed by atoms with Crippen LogP contribution in [0.15, 0.2) is 0 Å². The highest BCUT2D eigenvalue weighted by Gasteiger charge is 2.09. The molecule has 0 aromatic rings. The summed E-state index contributed by atoms with van der Waals surface area (Å²) in [5.74, 6) is 0. The van der Waals surface area contributed by atoms with E-state index in [9.17, 15) is 0 Å². The molecular formula is C8H21O6P. The van der Waals surface area contributed by atoms with Crippen LogP contribution in [0.25, 0.3) is 0 Å². The van der Waals surface area contributed by atoms with Crippen LogP contribution in [-0.2, 0) is 13.6 Å². The lowest BCUT2D eigenvalue weighted by Crippen LogP contribution is -1.97. The van der Waals surface area contributed by atoms with Gasteiger partial charge in [-0.1, -0.05) is 33.1 Å². The van der Waals surface area contributed by atoms with Crippen molar-refractivity contribution in [3.63, 3.8) is 0 Å². The second-order valence-corrected chi connectivity index (χ2v) is 3.57. The number of hydrogen-bond acceptors (Lipinski definition) is 6. The molecule has 7 heteroatoms. The molecule has 0 unspecified atom stereocenters. The van der Waals surface area contributed by atoms with Gasteiger partial charge in [0.25, 0.3) is 0 Å². The zero-order chi connectivity index (χ0) is 11.9. The van der Waals surface area contributed by atoms with Gasteiger partial charge < -0.3 is 15.3 Å². The van der Waals surface area contributed by atoms with Crippen molar-refractivity contribution in [2.24, 2.45) is 0 Å². The summed E-state index contributed by atoms with van der Waals surface area (Å²) in [5, 5.41) is 24.5. The Hall–Kier alpha value is 0.190. The monoisotopic (exact) mass is 244 g/mol. The summed E-state index contributed by atoms with van der Waals surface area (Å²) < 4.78 is 13.1. The van der Waals surface area contributed by atoms with E-state index in [0.717, 1.165) is 0 Å². The molecule has 0 aliphatic heterocycles. The minimum Gasteiger partial charge on any atom is -0.370 e. The molecule has 3 N–H and O–H groups in total. The highest BCUT2D eigenvalue weighted by molar-refractivity contribution is 7.41. The molecule has 0 saturated heterocycles. The molecule has 0 aliphatic rings. The molecule has 0 rings (SSSR count). The van der Waals surface area contributed by atoms with Gasteiger partial charge in [-0.15, -0.1) is 0 Å². The molecule has 0 aromatic heterocycles.